The zero-order valence-corrected chi connectivity index (χ0v) is 8.02. The van der Waals surface area contributed by atoms with Gasteiger partial charge in [0, 0.05) is 27.6 Å². The van der Waals surface area contributed by atoms with Crippen LogP contribution < -0.4 is 0 Å². The Kier molecular flexibility index (Phi) is 2.10. The van der Waals surface area contributed by atoms with E-state index in [4.69, 9.17) is 0 Å². The highest BCUT2D eigenvalue weighted by atomic mass is 32.2. The lowest BCUT2D eigenvalue weighted by molar-refractivity contribution is 0.112. The molecule has 13 heavy (non-hydrogen) atoms. The Hall–Kier alpha value is -1.22. The fraction of sp³-hybridized carbons (Fsp3) is 0.100. The van der Waals surface area contributed by atoms with Crippen LogP contribution in [0.1, 0.15) is 10.4 Å². The maximum absolute atomic E-state index is 10.6. The maximum atomic E-state index is 10.6. The molecular formula is C10H9NOS. The van der Waals surface area contributed by atoms with Crippen LogP contribution in [-0.2, 0) is 0 Å². The van der Waals surface area contributed by atoms with Crippen LogP contribution in [-0.4, -0.2) is 17.5 Å². The number of carbonyl (C=O) groups excluding carboxylic acids is 1. The van der Waals surface area contributed by atoms with Gasteiger partial charge in [-0.2, -0.15) is 0 Å². The first kappa shape index (κ1) is 8.38. The molecule has 0 atom stereocenters. The lowest BCUT2D eigenvalue weighted by atomic mass is 10.2. The van der Waals surface area contributed by atoms with Crippen LogP contribution in [0, 0.1) is 0 Å². The number of aromatic amines is 1. The fourth-order valence-electron chi connectivity index (χ4n) is 1.35. The summed E-state index contributed by atoms with van der Waals surface area (Å²) in [6.45, 7) is 0. The second-order valence-electron chi connectivity index (χ2n) is 2.77. The smallest absolute Gasteiger partial charge is 0.152 e. The maximum Gasteiger partial charge on any atom is 0.152 e. The van der Waals surface area contributed by atoms with Crippen molar-refractivity contribution in [3.05, 3.63) is 30.0 Å². The number of benzene rings is 1. The molecule has 66 valence electrons. The second kappa shape index (κ2) is 3.26. The molecule has 1 aromatic heterocycles. The number of fused-ring (bicyclic) bond motifs is 1. The SMILES string of the molecule is CSc1ccc2c(C=O)c[nH]c2c1. The number of hydrogen-bond acceptors (Lipinski definition) is 2. The summed E-state index contributed by atoms with van der Waals surface area (Å²) in [7, 11) is 0. The highest BCUT2D eigenvalue weighted by Crippen LogP contribution is 2.22. The van der Waals surface area contributed by atoms with Crippen molar-refractivity contribution in [2.24, 2.45) is 0 Å². The van der Waals surface area contributed by atoms with E-state index in [9.17, 15) is 4.79 Å². The second-order valence-corrected chi connectivity index (χ2v) is 3.65. The molecule has 2 rings (SSSR count). The van der Waals surface area contributed by atoms with E-state index in [0.717, 1.165) is 22.8 Å². The predicted octanol–water partition coefficient (Wildman–Crippen LogP) is 2.70. The van der Waals surface area contributed by atoms with Crippen molar-refractivity contribution in [2.75, 3.05) is 6.26 Å². The number of H-pyrrole nitrogens is 1. The van der Waals surface area contributed by atoms with Gasteiger partial charge < -0.3 is 4.98 Å². The topological polar surface area (TPSA) is 32.9 Å². The molecule has 1 N–H and O–H groups in total. The summed E-state index contributed by atoms with van der Waals surface area (Å²) in [6, 6.07) is 6.04. The van der Waals surface area contributed by atoms with E-state index >= 15 is 0 Å². The lowest BCUT2D eigenvalue weighted by Gasteiger charge is -1.95. The molecule has 0 amide bonds. The zero-order valence-electron chi connectivity index (χ0n) is 7.20. The first-order chi connectivity index (χ1) is 6.35. The van der Waals surface area contributed by atoms with Crippen LogP contribution >= 0.6 is 11.8 Å². The minimum Gasteiger partial charge on any atom is -0.360 e. The highest BCUT2D eigenvalue weighted by Gasteiger charge is 2.02. The van der Waals surface area contributed by atoms with Crippen LogP contribution in [0.15, 0.2) is 29.3 Å². The quantitative estimate of drug-likeness (QED) is 0.584. The van der Waals surface area contributed by atoms with Gasteiger partial charge in [-0.3, -0.25) is 4.79 Å². The van der Waals surface area contributed by atoms with Gasteiger partial charge in [-0.15, -0.1) is 11.8 Å². The van der Waals surface area contributed by atoms with Crippen LogP contribution in [0.4, 0.5) is 0 Å². The summed E-state index contributed by atoms with van der Waals surface area (Å²) in [5, 5.41) is 0.993. The van der Waals surface area contributed by atoms with Crippen molar-refractivity contribution in [1.82, 2.24) is 4.98 Å². The summed E-state index contributed by atoms with van der Waals surface area (Å²) in [6.07, 6.45) is 4.64. The normalized spacial score (nSPS) is 10.5. The first-order valence-electron chi connectivity index (χ1n) is 3.95. The van der Waals surface area contributed by atoms with Gasteiger partial charge in [-0.05, 0) is 18.4 Å². The van der Waals surface area contributed by atoms with Crippen LogP contribution in [0.5, 0.6) is 0 Å². The Bertz CT molecular complexity index is 447. The average Bonchev–Trinajstić information content (AvgIpc) is 2.59. The van der Waals surface area contributed by atoms with Crippen molar-refractivity contribution < 1.29 is 4.79 Å². The van der Waals surface area contributed by atoms with E-state index in [0.29, 0.717) is 0 Å². The molecule has 0 aliphatic heterocycles. The minimum atomic E-state index is 0.725. The van der Waals surface area contributed by atoms with Gasteiger partial charge in [0.15, 0.2) is 6.29 Å². The van der Waals surface area contributed by atoms with Gasteiger partial charge in [-0.25, -0.2) is 0 Å². The standard InChI is InChI=1S/C10H9NOS/c1-13-8-2-3-9-7(6-12)5-11-10(9)4-8/h2-6,11H,1H3. The number of aromatic nitrogens is 1. The van der Waals surface area contributed by atoms with Gasteiger partial charge in [0.1, 0.15) is 0 Å². The molecule has 0 saturated carbocycles. The molecule has 0 unspecified atom stereocenters. The lowest BCUT2D eigenvalue weighted by Crippen LogP contribution is -1.75. The molecule has 1 heterocycles. The summed E-state index contributed by atoms with van der Waals surface area (Å²) in [5.41, 5.74) is 1.75. The zero-order chi connectivity index (χ0) is 9.26. The monoisotopic (exact) mass is 191 g/mol. The summed E-state index contributed by atoms with van der Waals surface area (Å²) in [4.78, 5) is 14.9. The number of carbonyl (C=O) groups is 1. The van der Waals surface area contributed by atoms with Crippen molar-refractivity contribution in [1.29, 1.82) is 0 Å². The molecule has 3 heteroatoms. The third-order valence-electron chi connectivity index (χ3n) is 2.05. The van der Waals surface area contributed by atoms with Crippen molar-refractivity contribution in [2.45, 2.75) is 4.90 Å². The Morgan fingerprint density at radius 1 is 1.46 bits per heavy atom. The molecule has 0 fully saturated rings. The summed E-state index contributed by atoms with van der Waals surface area (Å²) in [5.74, 6) is 0. The minimum absolute atomic E-state index is 0.725. The Morgan fingerprint density at radius 2 is 2.31 bits per heavy atom. The van der Waals surface area contributed by atoms with Gasteiger partial charge in [0.05, 0.1) is 0 Å². The largest absolute Gasteiger partial charge is 0.360 e. The molecule has 0 spiro atoms. The first-order valence-corrected chi connectivity index (χ1v) is 5.18. The summed E-state index contributed by atoms with van der Waals surface area (Å²) < 4.78 is 0. The number of hydrogen-bond donors (Lipinski definition) is 1. The fourth-order valence-corrected chi connectivity index (χ4v) is 1.79. The third-order valence-corrected chi connectivity index (χ3v) is 2.77. The number of nitrogens with one attached hydrogen (secondary N) is 1. The highest BCUT2D eigenvalue weighted by molar-refractivity contribution is 7.98. The molecule has 2 aromatic rings. The predicted molar refractivity (Wildman–Crippen MR) is 55.5 cm³/mol. The van der Waals surface area contributed by atoms with Crippen LogP contribution in [0.25, 0.3) is 10.9 Å². The van der Waals surface area contributed by atoms with Crippen LogP contribution in [0.3, 0.4) is 0 Å². The molecular weight excluding hydrogens is 182 g/mol. The van der Waals surface area contributed by atoms with Gasteiger partial charge in [-0.1, -0.05) is 6.07 Å². The molecule has 0 saturated heterocycles. The molecule has 0 radical (unpaired) electrons. The number of aldehydes is 1. The molecule has 0 bridgehead atoms. The third kappa shape index (κ3) is 1.35. The Morgan fingerprint density at radius 3 is 3.00 bits per heavy atom. The van der Waals surface area contributed by atoms with Crippen molar-refractivity contribution in [3.8, 4) is 0 Å². The van der Waals surface area contributed by atoms with Gasteiger partial charge in [0.2, 0.25) is 0 Å². The summed E-state index contributed by atoms with van der Waals surface area (Å²) >= 11 is 1.69. The molecule has 0 aliphatic rings. The molecule has 2 nitrogen and oxygen atoms in total. The molecule has 1 aromatic carbocycles. The molecule has 0 aliphatic carbocycles. The van der Waals surface area contributed by atoms with Crippen LogP contribution in [0.2, 0.25) is 0 Å². The number of thioether (sulfide) groups is 1. The Labute approximate surface area is 80.3 Å². The van der Waals surface area contributed by atoms with Gasteiger partial charge in [0.25, 0.3) is 0 Å². The Balaban J connectivity index is 2.67. The van der Waals surface area contributed by atoms with E-state index < -0.39 is 0 Å². The van der Waals surface area contributed by atoms with E-state index in [1.54, 1.807) is 18.0 Å². The van der Waals surface area contributed by atoms with Gasteiger partial charge >= 0.3 is 0 Å². The van der Waals surface area contributed by atoms with Crippen molar-refractivity contribution in [3.63, 3.8) is 0 Å². The van der Waals surface area contributed by atoms with E-state index in [2.05, 4.69) is 4.98 Å². The van der Waals surface area contributed by atoms with Crippen molar-refractivity contribution >= 4 is 29.0 Å². The van der Waals surface area contributed by atoms with E-state index in [1.165, 1.54) is 4.90 Å². The number of rotatable bonds is 2. The van der Waals surface area contributed by atoms with E-state index in [1.807, 2.05) is 24.5 Å². The van der Waals surface area contributed by atoms with E-state index in [-0.39, 0.29) is 0 Å². The average molecular weight is 191 g/mol.